The van der Waals surface area contributed by atoms with Gasteiger partial charge in [-0.05, 0) is 30.3 Å². The van der Waals surface area contributed by atoms with E-state index in [4.69, 9.17) is 16.0 Å². The number of halogens is 1. The maximum absolute atomic E-state index is 11.8. The number of furan rings is 1. The molecule has 0 saturated carbocycles. The molecule has 1 amide bonds. The summed E-state index contributed by atoms with van der Waals surface area (Å²) in [5.41, 5.74) is 0.479. The molecule has 0 saturated heterocycles. The van der Waals surface area contributed by atoms with Crippen LogP contribution in [0.5, 0.6) is 0 Å². The van der Waals surface area contributed by atoms with Gasteiger partial charge >= 0.3 is 5.97 Å². The number of ether oxygens (including phenoxy) is 1. The van der Waals surface area contributed by atoms with E-state index in [0.29, 0.717) is 5.02 Å². The Morgan fingerprint density at radius 1 is 1.32 bits per heavy atom. The highest BCUT2D eigenvalue weighted by Gasteiger charge is 2.16. The number of carbonyl (C=O) groups is 2. The minimum atomic E-state index is -0.564. The third-order valence-corrected chi connectivity index (χ3v) is 2.62. The summed E-state index contributed by atoms with van der Waals surface area (Å²) in [5.74, 6) is -0.903. The Bertz CT molecular complexity index is 607. The van der Waals surface area contributed by atoms with Gasteiger partial charge in [0.05, 0.1) is 24.6 Å². The molecule has 98 valence electrons. The van der Waals surface area contributed by atoms with E-state index in [9.17, 15) is 9.59 Å². The lowest BCUT2D eigenvalue weighted by molar-refractivity contribution is 0.0602. The normalized spacial score (nSPS) is 10.0. The zero-order valence-corrected chi connectivity index (χ0v) is 10.7. The zero-order valence-electron chi connectivity index (χ0n) is 9.98. The number of esters is 1. The van der Waals surface area contributed by atoms with Crippen LogP contribution >= 0.6 is 11.6 Å². The monoisotopic (exact) mass is 279 g/mol. The molecule has 0 unspecified atom stereocenters. The number of hydrogen-bond donors (Lipinski definition) is 1. The topological polar surface area (TPSA) is 68.5 Å². The first-order valence-corrected chi connectivity index (χ1v) is 5.72. The van der Waals surface area contributed by atoms with Crippen LogP contribution in [0.4, 0.5) is 5.69 Å². The first kappa shape index (κ1) is 13.2. The fraction of sp³-hybridized carbons (Fsp3) is 0.0769. The maximum atomic E-state index is 11.8. The van der Waals surface area contributed by atoms with E-state index in [0.717, 1.165) is 0 Å². The molecule has 6 heteroatoms. The van der Waals surface area contributed by atoms with E-state index in [2.05, 4.69) is 10.1 Å². The fourth-order valence-electron chi connectivity index (χ4n) is 1.50. The van der Waals surface area contributed by atoms with E-state index in [1.165, 1.54) is 37.6 Å². The van der Waals surface area contributed by atoms with Crippen molar-refractivity contribution in [2.75, 3.05) is 12.4 Å². The molecule has 19 heavy (non-hydrogen) atoms. The van der Waals surface area contributed by atoms with E-state index in [-0.39, 0.29) is 17.0 Å². The van der Waals surface area contributed by atoms with Gasteiger partial charge in [-0.25, -0.2) is 4.79 Å². The van der Waals surface area contributed by atoms with Crippen LogP contribution in [0.3, 0.4) is 0 Å². The van der Waals surface area contributed by atoms with Crippen molar-refractivity contribution < 1.29 is 18.7 Å². The van der Waals surface area contributed by atoms with E-state index in [1.807, 2.05) is 0 Å². The summed E-state index contributed by atoms with van der Waals surface area (Å²) in [6, 6.07) is 7.59. The van der Waals surface area contributed by atoms with Crippen LogP contribution < -0.4 is 5.32 Å². The molecule has 0 fully saturated rings. The van der Waals surface area contributed by atoms with Crippen molar-refractivity contribution in [3.8, 4) is 0 Å². The van der Waals surface area contributed by atoms with Crippen LogP contribution in [0.1, 0.15) is 20.9 Å². The Hall–Kier alpha value is -2.27. The number of amides is 1. The second kappa shape index (κ2) is 5.58. The van der Waals surface area contributed by atoms with Gasteiger partial charge in [0, 0.05) is 5.02 Å². The van der Waals surface area contributed by atoms with Crippen LogP contribution in [0, 0.1) is 0 Å². The number of anilines is 1. The quantitative estimate of drug-likeness (QED) is 0.877. The van der Waals surface area contributed by atoms with E-state index < -0.39 is 11.9 Å². The molecule has 0 atom stereocenters. The van der Waals surface area contributed by atoms with Crippen molar-refractivity contribution in [1.29, 1.82) is 0 Å². The molecule has 2 aromatic rings. The van der Waals surface area contributed by atoms with Gasteiger partial charge < -0.3 is 14.5 Å². The molecule has 0 aliphatic rings. The Morgan fingerprint density at radius 2 is 2.11 bits per heavy atom. The molecule has 0 aliphatic heterocycles. The van der Waals surface area contributed by atoms with Crippen LogP contribution in [0.15, 0.2) is 41.0 Å². The molecule has 1 aromatic carbocycles. The van der Waals surface area contributed by atoms with Crippen molar-refractivity contribution in [2.45, 2.75) is 0 Å². The highest BCUT2D eigenvalue weighted by atomic mass is 35.5. The van der Waals surface area contributed by atoms with Crippen molar-refractivity contribution in [1.82, 2.24) is 0 Å². The SMILES string of the molecule is COC(=O)c1ccc(Cl)cc1NC(=O)c1ccco1. The highest BCUT2D eigenvalue weighted by Crippen LogP contribution is 2.22. The summed E-state index contributed by atoms with van der Waals surface area (Å²) in [5, 5.41) is 2.94. The van der Waals surface area contributed by atoms with Crippen LogP contribution in [-0.2, 0) is 4.74 Å². The summed E-state index contributed by atoms with van der Waals surface area (Å²) in [6.07, 6.45) is 1.38. The van der Waals surface area contributed by atoms with Gasteiger partial charge in [-0.2, -0.15) is 0 Å². The summed E-state index contributed by atoms with van der Waals surface area (Å²) < 4.78 is 9.60. The number of nitrogens with one attached hydrogen (secondary N) is 1. The predicted molar refractivity (Wildman–Crippen MR) is 69.5 cm³/mol. The largest absolute Gasteiger partial charge is 0.465 e. The number of hydrogen-bond acceptors (Lipinski definition) is 4. The molecule has 2 rings (SSSR count). The number of rotatable bonds is 3. The summed E-state index contributed by atoms with van der Waals surface area (Å²) in [4.78, 5) is 23.4. The van der Waals surface area contributed by atoms with Crippen molar-refractivity contribution >= 4 is 29.2 Å². The molecule has 1 N–H and O–H groups in total. The van der Waals surface area contributed by atoms with Gasteiger partial charge in [0.1, 0.15) is 0 Å². The first-order chi connectivity index (χ1) is 9.11. The lowest BCUT2D eigenvalue weighted by Gasteiger charge is -2.09. The van der Waals surface area contributed by atoms with Crippen LogP contribution in [0.2, 0.25) is 5.02 Å². The van der Waals surface area contributed by atoms with Crippen molar-refractivity contribution in [3.05, 3.63) is 52.9 Å². The Balaban J connectivity index is 2.31. The fourth-order valence-corrected chi connectivity index (χ4v) is 1.67. The third kappa shape index (κ3) is 2.95. The van der Waals surface area contributed by atoms with E-state index in [1.54, 1.807) is 6.07 Å². The van der Waals surface area contributed by atoms with Gasteiger partial charge in [-0.15, -0.1) is 0 Å². The standard InChI is InChI=1S/C13H10ClNO4/c1-18-13(17)9-5-4-8(14)7-10(9)15-12(16)11-3-2-6-19-11/h2-7H,1H3,(H,15,16). The Kier molecular flexibility index (Phi) is 3.87. The Morgan fingerprint density at radius 3 is 2.74 bits per heavy atom. The molecule has 0 bridgehead atoms. The van der Waals surface area contributed by atoms with Gasteiger partial charge in [0.15, 0.2) is 5.76 Å². The van der Waals surface area contributed by atoms with Gasteiger partial charge in [0.25, 0.3) is 5.91 Å². The van der Waals surface area contributed by atoms with Crippen molar-refractivity contribution in [3.63, 3.8) is 0 Å². The molecular weight excluding hydrogens is 270 g/mol. The van der Waals surface area contributed by atoms with Crippen molar-refractivity contribution in [2.24, 2.45) is 0 Å². The smallest absolute Gasteiger partial charge is 0.339 e. The summed E-state index contributed by atoms with van der Waals surface area (Å²) in [7, 11) is 1.26. The van der Waals surface area contributed by atoms with E-state index >= 15 is 0 Å². The average molecular weight is 280 g/mol. The first-order valence-electron chi connectivity index (χ1n) is 5.34. The van der Waals surface area contributed by atoms with Crippen LogP contribution in [-0.4, -0.2) is 19.0 Å². The molecule has 0 spiro atoms. The van der Waals surface area contributed by atoms with Gasteiger partial charge in [-0.1, -0.05) is 11.6 Å². The van der Waals surface area contributed by atoms with Gasteiger partial charge in [-0.3, -0.25) is 4.79 Å². The lowest BCUT2D eigenvalue weighted by atomic mass is 10.1. The predicted octanol–water partition coefficient (Wildman–Crippen LogP) is 2.97. The molecular formula is C13H10ClNO4. The second-order valence-electron chi connectivity index (χ2n) is 3.61. The minimum absolute atomic E-state index is 0.135. The molecule has 5 nitrogen and oxygen atoms in total. The number of carbonyl (C=O) groups excluding carboxylic acids is 2. The third-order valence-electron chi connectivity index (χ3n) is 2.38. The maximum Gasteiger partial charge on any atom is 0.339 e. The molecule has 1 heterocycles. The van der Waals surface area contributed by atoms with Crippen LogP contribution in [0.25, 0.3) is 0 Å². The second-order valence-corrected chi connectivity index (χ2v) is 4.05. The average Bonchev–Trinajstić information content (AvgIpc) is 2.92. The highest BCUT2D eigenvalue weighted by molar-refractivity contribution is 6.31. The number of benzene rings is 1. The summed E-state index contributed by atoms with van der Waals surface area (Å²) >= 11 is 5.85. The molecule has 1 aromatic heterocycles. The van der Waals surface area contributed by atoms with Gasteiger partial charge in [0.2, 0.25) is 0 Å². The molecule has 0 radical (unpaired) electrons. The Labute approximate surface area is 114 Å². The summed E-state index contributed by atoms with van der Waals surface area (Å²) in [6.45, 7) is 0. The minimum Gasteiger partial charge on any atom is -0.465 e. The number of methoxy groups -OCH3 is 1. The zero-order chi connectivity index (χ0) is 13.8. The lowest BCUT2D eigenvalue weighted by Crippen LogP contribution is -2.14. The molecule has 0 aliphatic carbocycles.